The molecule has 4 heteroatoms. The first-order chi connectivity index (χ1) is 10.2. The summed E-state index contributed by atoms with van der Waals surface area (Å²) in [5.41, 5.74) is 3.30. The standard InChI is InChI=1S/C17H18BrNO2/c1-21-17-7-6-12(8-15(17)18)9-19-10-13-4-2-3-5-16(20)14(13)11-19/h6-8,10-11H,2-5,9H2,1H3. The van der Waals surface area contributed by atoms with Gasteiger partial charge in [-0.1, -0.05) is 6.07 Å². The molecule has 0 amide bonds. The van der Waals surface area contributed by atoms with E-state index in [0.29, 0.717) is 6.42 Å². The lowest BCUT2D eigenvalue weighted by Gasteiger charge is -2.07. The van der Waals surface area contributed by atoms with Gasteiger partial charge >= 0.3 is 0 Å². The van der Waals surface area contributed by atoms with Gasteiger partial charge in [0.1, 0.15) is 5.75 Å². The molecular formula is C17H18BrNO2. The van der Waals surface area contributed by atoms with Gasteiger partial charge in [-0.25, -0.2) is 0 Å². The highest BCUT2D eigenvalue weighted by molar-refractivity contribution is 9.10. The fourth-order valence-corrected chi connectivity index (χ4v) is 3.44. The van der Waals surface area contributed by atoms with Crippen molar-refractivity contribution in [1.29, 1.82) is 0 Å². The van der Waals surface area contributed by atoms with E-state index < -0.39 is 0 Å². The predicted octanol–water partition coefficient (Wildman–Crippen LogP) is 4.22. The SMILES string of the molecule is COc1ccc(Cn2cc3c(c2)C(=O)CCCC3)cc1Br. The minimum absolute atomic E-state index is 0.289. The molecular weight excluding hydrogens is 330 g/mol. The molecule has 1 aromatic carbocycles. The molecule has 1 aromatic heterocycles. The van der Waals surface area contributed by atoms with E-state index in [0.717, 1.165) is 41.6 Å². The number of benzene rings is 1. The Morgan fingerprint density at radius 2 is 2.05 bits per heavy atom. The van der Waals surface area contributed by atoms with Gasteiger partial charge in [-0.2, -0.15) is 0 Å². The quantitative estimate of drug-likeness (QED) is 0.778. The lowest BCUT2D eigenvalue weighted by atomic mass is 10.1. The van der Waals surface area contributed by atoms with Gasteiger partial charge in [0.05, 0.1) is 11.6 Å². The van der Waals surface area contributed by atoms with Crippen molar-refractivity contribution < 1.29 is 9.53 Å². The smallest absolute Gasteiger partial charge is 0.164 e. The zero-order valence-corrected chi connectivity index (χ0v) is 13.6. The number of hydrogen-bond acceptors (Lipinski definition) is 2. The Labute approximate surface area is 133 Å². The lowest BCUT2D eigenvalue weighted by molar-refractivity contribution is 0.0982. The van der Waals surface area contributed by atoms with Crippen LogP contribution in [0.4, 0.5) is 0 Å². The number of halogens is 1. The number of rotatable bonds is 3. The Hall–Kier alpha value is -1.55. The summed E-state index contributed by atoms with van der Waals surface area (Å²) in [6.45, 7) is 0.767. The van der Waals surface area contributed by atoms with Gasteiger partial charge in [-0.15, -0.1) is 0 Å². The molecule has 2 aromatic rings. The number of nitrogens with zero attached hydrogens (tertiary/aromatic N) is 1. The molecule has 0 N–H and O–H groups in total. The number of Topliss-reactive ketones (excluding diaryl/α,β-unsaturated/α-hetero) is 1. The summed E-state index contributed by atoms with van der Waals surface area (Å²) >= 11 is 3.51. The van der Waals surface area contributed by atoms with Crippen molar-refractivity contribution in [3.8, 4) is 5.75 Å². The maximum Gasteiger partial charge on any atom is 0.164 e. The van der Waals surface area contributed by atoms with Gasteiger partial charge in [0.2, 0.25) is 0 Å². The molecule has 0 aliphatic heterocycles. The topological polar surface area (TPSA) is 31.2 Å². The highest BCUT2D eigenvalue weighted by Crippen LogP contribution is 2.27. The van der Waals surface area contributed by atoms with E-state index in [1.165, 1.54) is 11.1 Å². The van der Waals surface area contributed by atoms with Gasteiger partial charge < -0.3 is 9.30 Å². The lowest BCUT2D eigenvalue weighted by Crippen LogP contribution is -1.99. The van der Waals surface area contributed by atoms with Gasteiger partial charge in [0.15, 0.2) is 5.78 Å². The van der Waals surface area contributed by atoms with Crippen molar-refractivity contribution in [2.24, 2.45) is 0 Å². The zero-order chi connectivity index (χ0) is 14.8. The van der Waals surface area contributed by atoms with E-state index in [-0.39, 0.29) is 5.78 Å². The fourth-order valence-electron chi connectivity index (χ4n) is 2.85. The number of fused-ring (bicyclic) bond motifs is 1. The molecule has 3 nitrogen and oxygen atoms in total. The first-order valence-corrected chi connectivity index (χ1v) is 8.01. The third kappa shape index (κ3) is 3.05. The molecule has 0 bridgehead atoms. The maximum atomic E-state index is 12.1. The summed E-state index contributed by atoms with van der Waals surface area (Å²) in [5.74, 6) is 1.12. The summed E-state index contributed by atoms with van der Waals surface area (Å²) in [6, 6.07) is 6.07. The molecule has 1 aliphatic rings. The fraction of sp³-hybridized carbons (Fsp3) is 0.353. The summed E-state index contributed by atoms with van der Waals surface area (Å²) in [7, 11) is 1.66. The number of ether oxygens (including phenoxy) is 1. The molecule has 1 heterocycles. The van der Waals surface area contributed by atoms with Gasteiger partial charge in [0, 0.05) is 30.9 Å². The Morgan fingerprint density at radius 3 is 2.81 bits per heavy atom. The van der Waals surface area contributed by atoms with E-state index >= 15 is 0 Å². The van der Waals surface area contributed by atoms with E-state index in [2.05, 4.69) is 38.8 Å². The summed E-state index contributed by atoms with van der Waals surface area (Å²) in [4.78, 5) is 12.1. The molecule has 0 atom stereocenters. The Morgan fingerprint density at radius 1 is 1.24 bits per heavy atom. The highest BCUT2D eigenvalue weighted by Gasteiger charge is 2.17. The Bertz CT molecular complexity index is 675. The number of aromatic nitrogens is 1. The highest BCUT2D eigenvalue weighted by atomic mass is 79.9. The second kappa shape index (κ2) is 6.06. The Balaban J connectivity index is 1.84. The van der Waals surface area contributed by atoms with Crippen molar-refractivity contribution in [1.82, 2.24) is 4.57 Å². The van der Waals surface area contributed by atoms with Crippen LogP contribution in [0, 0.1) is 0 Å². The second-order valence-corrected chi connectivity index (χ2v) is 6.32. The van der Waals surface area contributed by atoms with Crippen molar-refractivity contribution in [2.75, 3.05) is 7.11 Å². The first kappa shape index (κ1) is 14.4. The monoisotopic (exact) mass is 347 g/mol. The summed E-state index contributed by atoms with van der Waals surface area (Å²) in [5, 5.41) is 0. The van der Waals surface area contributed by atoms with E-state index in [1.54, 1.807) is 7.11 Å². The van der Waals surface area contributed by atoms with Crippen molar-refractivity contribution >= 4 is 21.7 Å². The molecule has 0 unspecified atom stereocenters. The largest absolute Gasteiger partial charge is 0.496 e. The van der Waals surface area contributed by atoms with E-state index in [1.807, 2.05) is 12.3 Å². The average molecular weight is 348 g/mol. The number of carbonyl (C=O) groups is 1. The normalized spacial score (nSPS) is 14.7. The van der Waals surface area contributed by atoms with Crippen LogP contribution in [0.3, 0.4) is 0 Å². The number of aryl methyl sites for hydroxylation is 1. The van der Waals surface area contributed by atoms with E-state index in [4.69, 9.17) is 4.74 Å². The van der Waals surface area contributed by atoms with Gasteiger partial charge in [-0.05, 0) is 58.5 Å². The predicted molar refractivity (Wildman–Crippen MR) is 86.1 cm³/mol. The molecule has 0 spiro atoms. The van der Waals surface area contributed by atoms with E-state index in [9.17, 15) is 4.79 Å². The molecule has 21 heavy (non-hydrogen) atoms. The minimum atomic E-state index is 0.289. The third-order valence-electron chi connectivity index (χ3n) is 3.94. The molecule has 0 fully saturated rings. The third-order valence-corrected chi connectivity index (χ3v) is 4.56. The number of hydrogen-bond donors (Lipinski definition) is 0. The van der Waals surface area contributed by atoms with Crippen LogP contribution >= 0.6 is 15.9 Å². The minimum Gasteiger partial charge on any atom is -0.496 e. The molecule has 3 rings (SSSR count). The Kier molecular flexibility index (Phi) is 4.15. The maximum absolute atomic E-state index is 12.1. The van der Waals surface area contributed by atoms with Crippen LogP contribution in [0.5, 0.6) is 5.75 Å². The summed E-state index contributed by atoms with van der Waals surface area (Å²) in [6.07, 6.45) is 7.94. The van der Waals surface area contributed by atoms with Gasteiger partial charge in [-0.3, -0.25) is 4.79 Å². The van der Waals surface area contributed by atoms with Crippen LogP contribution in [0.25, 0.3) is 0 Å². The molecule has 110 valence electrons. The van der Waals surface area contributed by atoms with Gasteiger partial charge in [0.25, 0.3) is 0 Å². The number of methoxy groups -OCH3 is 1. The van der Waals surface area contributed by atoms with Crippen molar-refractivity contribution in [3.63, 3.8) is 0 Å². The second-order valence-electron chi connectivity index (χ2n) is 5.47. The average Bonchev–Trinajstić information content (AvgIpc) is 2.79. The molecule has 1 aliphatic carbocycles. The van der Waals surface area contributed by atoms with Crippen LogP contribution in [0.2, 0.25) is 0 Å². The molecule has 0 saturated carbocycles. The van der Waals surface area contributed by atoms with Crippen LogP contribution in [0.15, 0.2) is 35.1 Å². The van der Waals surface area contributed by atoms with Crippen LogP contribution < -0.4 is 4.74 Å². The van der Waals surface area contributed by atoms with Crippen molar-refractivity contribution in [2.45, 2.75) is 32.2 Å². The number of ketones is 1. The summed E-state index contributed by atoms with van der Waals surface area (Å²) < 4.78 is 8.31. The first-order valence-electron chi connectivity index (χ1n) is 7.21. The zero-order valence-electron chi connectivity index (χ0n) is 12.1. The van der Waals surface area contributed by atoms with Crippen LogP contribution in [0.1, 0.15) is 40.7 Å². The number of carbonyl (C=O) groups excluding carboxylic acids is 1. The van der Waals surface area contributed by atoms with Crippen molar-refractivity contribution in [3.05, 3.63) is 51.8 Å². The van der Waals surface area contributed by atoms with Crippen LogP contribution in [-0.2, 0) is 13.0 Å². The molecule has 0 radical (unpaired) electrons. The molecule has 0 saturated heterocycles. The van der Waals surface area contributed by atoms with Crippen LogP contribution in [-0.4, -0.2) is 17.5 Å².